The maximum Gasteiger partial charge on any atom is 0.242 e. The Hall–Kier alpha value is -6.49. The highest BCUT2D eigenvalue weighted by molar-refractivity contribution is 6.20. The quantitative estimate of drug-likeness (QED) is 0.225. The normalized spacial score (nSPS) is 12.1. The molecular weight excluding hydrogens is 554 g/mol. The van der Waals surface area contributed by atoms with Crippen molar-refractivity contribution in [3.8, 4) is 23.3 Å². The van der Waals surface area contributed by atoms with E-state index in [1.807, 2.05) is 63.7 Å². The number of rotatable bonds is 3. The largest absolute Gasteiger partial charge is 0.437 e. The van der Waals surface area contributed by atoms with E-state index in [-0.39, 0.29) is 0 Å². The van der Waals surface area contributed by atoms with Crippen molar-refractivity contribution in [2.24, 2.45) is 0 Å². The number of fused-ring (bicyclic) bond motifs is 10. The Morgan fingerprint density at radius 3 is 1.48 bits per heavy atom. The summed E-state index contributed by atoms with van der Waals surface area (Å²) in [6, 6.07) is 17.7. The van der Waals surface area contributed by atoms with Crippen LogP contribution >= 0.6 is 0 Å². The number of pyridine rings is 4. The van der Waals surface area contributed by atoms with Crippen LogP contribution in [-0.2, 0) is 0 Å². The molecule has 11 nitrogen and oxygen atoms in total. The SMILES string of the molecule is c1ccc(-c2nc(-n3c4cnccc4c4c5ccncc5oc43)nc(-n3c4cnccc4c4c5ccncc5oc43)n2)cc1. The van der Waals surface area contributed by atoms with Gasteiger partial charge in [-0.2, -0.15) is 15.0 Å². The first-order valence-electron chi connectivity index (χ1n) is 13.9. The molecule has 10 aromatic rings. The topological polar surface area (TPSA) is 126 Å². The van der Waals surface area contributed by atoms with Crippen molar-refractivity contribution in [3.05, 3.63) is 104 Å². The molecule has 0 bridgehead atoms. The molecular formula is C33H17N9O2. The molecule has 0 N–H and O–H groups in total. The van der Waals surface area contributed by atoms with E-state index in [1.54, 1.807) is 49.6 Å². The molecule has 0 atom stereocenters. The number of benzene rings is 1. The van der Waals surface area contributed by atoms with E-state index in [9.17, 15) is 0 Å². The highest BCUT2D eigenvalue weighted by atomic mass is 16.3. The molecule has 44 heavy (non-hydrogen) atoms. The summed E-state index contributed by atoms with van der Waals surface area (Å²) in [6.45, 7) is 0. The van der Waals surface area contributed by atoms with Crippen LogP contribution in [0.2, 0.25) is 0 Å². The van der Waals surface area contributed by atoms with Gasteiger partial charge < -0.3 is 8.83 Å². The zero-order valence-electron chi connectivity index (χ0n) is 22.7. The van der Waals surface area contributed by atoms with Crippen LogP contribution in [0.3, 0.4) is 0 Å². The van der Waals surface area contributed by atoms with Gasteiger partial charge in [0.05, 0.1) is 46.6 Å². The van der Waals surface area contributed by atoms with Crippen LogP contribution in [0.15, 0.2) is 113 Å². The Bertz CT molecular complexity index is 2570. The van der Waals surface area contributed by atoms with Gasteiger partial charge in [0.1, 0.15) is 0 Å². The Morgan fingerprint density at radius 2 is 0.955 bits per heavy atom. The van der Waals surface area contributed by atoms with Crippen molar-refractivity contribution < 1.29 is 8.83 Å². The minimum atomic E-state index is 0.366. The average Bonchev–Trinajstić information content (AvgIpc) is 3.81. The van der Waals surface area contributed by atoms with E-state index >= 15 is 0 Å². The van der Waals surface area contributed by atoms with Crippen molar-refractivity contribution in [1.82, 2.24) is 44.0 Å². The summed E-state index contributed by atoms with van der Waals surface area (Å²) in [4.78, 5) is 32.5. The first-order valence-corrected chi connectivity index (χ1v) is 13.9. The van der Waals surface area contributed by atoms with Gasteiger partial charge in [-0.15, -0.1) is 0 Å². The van der Waals surface area contributed by atoms with E-state index in [4.69, 9.17) is 23.8 Å². The molecule has 0 unspecified atom stereocenters. The predicted molar refractivity (Wildman–Crippen MR) is 165 cm³/mol. The molecule has 0 fully saturated rings. The number of hydrogen-bond acceptors (Lipinski definition) is 9. The molecule has 206 valence electrons. The Labute approximate surface area is 246 Å². The van der Waals surface area contributed by atoms with Gasteiger partial charge in [-0.05, 0) is 24.3 Å². The summed E-state index contributed by atoms with van der Waals surface area (Å²) in [7, 11) is 0. The molecule has 11 heteroatoms. The second kappa shape index (κ2) is 8.52. The molecule has 0 aliphatic rings. The monoisotopic (exact) mass is 571 g/mol. The lowest BCUT2D eigenvalue weighted by Crippen LogP contribution is -2.10. The lowest BCUT2D eigenvalue weighted by molar-refractivity contribution is 0.634. The molecule has 0 saturated carbocycles. The minimum absolute atomic E-state index is 0.366. The van der Waals surface area contributed by atoms with Gasteiger partial charge in [0.15, 0.2) is 17.0 Å². The number of furan rings is 2. The van der Waals surface area contributed by atoms with E-state index in [0.29, 0.717) is 40.3 Å². The number of aromatic nitrogens is 9. The Morgan fingerprint density at radius 1 is 0.477 bits per heavy atom. The summed E-state index contributed by atoms with van der Waals surface area (Å²) in [5.74, 6) is 1.22. The van der Waals surface area contributed by atoms with Gasteiger partial charge in [0.2, 0.25) is 23.3 Å². The van der Waals surface area contributed by atoms with Crippen molar-refractivity contribution in [2.45, 2.75) is 0 Å². The number of hydrogen-bond donors (Lipinski definition) is 0. The standard InChI is InChI=1S/C33H17N9O2/c1-2-4-18(5-3-1)29-38-32(41-23-14-34-10-6-19(23)27-21-8-12-36-16-25(21)43-30(27)41)40-33(39-29)42-24-15-35-11-7-20(24)28-22-9-13-37-17-26(22)44-31(28)42/h1-17H. The highest BCUT2D eigenvalue weighted by Gasteiger charge is 2.25. The lowest BCUT2D eigenvalue weighted by atomic mass is 10.2. The maximum atomic E-state index is 6.41. The maximum absolute atomic E-state index is 6.41. The van der Waals surface area contributed by atoms with Crippen LogP contribution in [0.5, 0.6) is 0 Å². The molecule has 0 aliphatic heterocycles. The highest BCUT2D eigenvalue weighted by Crippen LogP contribution is 2.40. The zero-order chi connectivity index (χ0) is 28.8. The van der Waals surface area contributed by atoms with Crippen LogP contribution in [0.25, 0.3) is 89.2 Å². The minimum Gasteiger partial charge on any atom is -0.437 e. The summed E-state index contributed by atoms with van der Waals surface area (Å²) in [5, 5.41) is 5.69. The summed E-state index contributed by atoms with van der Waals surface area (Å²) in [5.41, 5.74) is 4.95. The first-order chi connectivity index (χ1) is 21.8. The van der Waals surface area contributed by atoms with Crippen LogP contribution in [0, 0.1) is 0 Å². The molecule has 1 aromatic carbocycles. The van der Waals surface area contributed by atoms with Crippen molar-refractivity contribution in [3.63, 3.8) is 0 Å². The second-order valence-electron chi connectivity index (χ2n) is 10.4. The lowest BCUT2D eigenvalue weighted by Gasteiger charge is -2.11. The van der Waals surface area contributed by atoms with E-state index < -0.39 is 0 Å². The van der Waals surface area contributed by atoms with E-state index in [1.165, 1.54) is 0 Å². The molecule has 0 spiro atoms. The molecule has 0 aliphatic carbocycles. The van der Waals surface area contributed by atoms with Crippen molar-refractivity contribution >= 4 is 65.9 Å². The van der Waals surface area contributed by atoms with E-state index in [0.717, 1.165) is 48.9 Å². The second-order valence-corrected chi connectivity index (χ2v) is 10.4. The fourth-order valence-electron chi connectivity index (χ4n) is 6.15. The van der Waals surface area contributed by atoms with Gasteiger partial charge in [-0.1, -0.05) is 30.3 Å². The third-order valence-corrected chi connectivity index (χ3v) is 8.02. The molecule has 0 radical (unpaired) electrons. The van der Waals surface area contributed by atoms with E-state index in [2.05, 4.69) is 19.9 Å². The predicted octanol–water partition coefficient (Wildman–Crippen LogP) is 6.81. The molecule has 0 saturated heterocycles. The summed E-state index contributed by atoms with van der Waals surface area (Å²) < 4.78 is 16.6. The van der Waals surface area contributed by atoms with Crippen LogP contribution < -0.4 is 0 Å². The van der Waals surface area contributed by atoms with Crippen LogP contribution in [0.4, 0.5) is 0 Å². The Kier molecular flexibility index (Phi) is 4.48. The van der Waals surface area contributed by atoms with Crippen LogP contribution in [-0.4, -0.2) is 44.0 Å². The first kappa shape index (κ1) is 23.1. The van der Waals surface area contributed by atoms with Gasteiger partial charge in [-0.3, -0.25) is 19.9 Å². The van der Waals surface area contributed by atoms with Crippen LogP contribution in [0.1, 0.15) is 0 Å². The van der Waals surface area contributed by atoms with Crippen molar-refractivity contribution in [2.75, 3.05) is 0 Å². The van der Waals surface area contributed by atoms with Gasteiger partial charge in [0, 0.05) is 51.9 Å². The van der Waals surface area contributed by atoms with Gasteiger partial charge >= 0.3 is 0 Å². The fourth-order valence-corrected chi connectivity index (χ4v) is 6.15. The molecule has 9 aromatic heterocycles. The summed E-state index contributed by atoms with van der Waals surface area (Å²) in [6.07, 6.45) is 14.1. The molecule has 0 amide bonds. The smallest absolute Gasteiger partial charge is 0.242 e. The third-order valence-electron chi connectivity index (χ3n) is 8.02. The van der Waals surface area contributed by atoms with Gasteiger partial charge in [-0.25, -0.2) is 9.13 Å². The summed E-state index contributed by atoms with van der Waals surface area (Å²) >= 11 is 0. The average molecular weight is 572 g/mol. The third kappa shape index (κ3) is 3.06. The zero-order valence-corrected chi connectivity index (χ0v) is 22.7. The molecule has 10 rings (SSSR count). The number of nitrogens with zero attached hydrogens (tertiary/aromatic N) is 9. The van der Waals surface area contributed by atoms with Gasteiger partial charge in [0.25, 0.3) is 0 Å². The fraction of sp³-hybridized carbons (Fsp3) is 0. The molecule has 9 heterocycles. The van der Waals surface area contributed by atoms with Crippen molar-refractivity contribution in [1.29, 1.82) is 0 Å². The Balaban J connectivity index is 1.35.